The second kappa shape index (κ2) is 3.91. The molecule has 5 heteroatoms. The summed E-state index contributed by atoms with van der Waals surface area (Å²) >= 11 is 3.42. The first-order chi connectivity index (χ1) is 5.70. The van der Waals surface area contributed by atoms with Crippen LogP contribution in [0.15, 0.2) is 4.60 Å². The average molecular weight is 234 g/mol. The molecule has 0 bridgehead atoms. The summed E-state index contributed by atoms with van der Waals surface area (Å²) in [6.07, 6.45) is 0. The van der Waals surface area contributed by atoms with Crippen molar-refractivity contribution >= 4 is 15.9 Å². The number of nitrogens with one attached hydrogen (secondary N) is 1. The molecule has 1 rings (SSSR count). The smallest absolute Gasteiger partial charge is 0.238 e. The molecule has 1 aromatic rings. The Balaban J connectivity index is 3.03. The van der Waals surface area contributed by atoms with Crippen LogP contribution < -0.4 is 10.1 Å². The van der Waals surface area contributed by atoms with Crippen molar-refractivity contribution in [3.05, 3.63) is 10.2 Å². The lowest BCUT2D eigenvalue weighted by Crippen LogP contribution is -2.06. The van der Waals surface area contributed by atoms with E-state index in [1.807, 2.05) is 14.1 Å². The Morgan fingerprint density at radius 2 is 2.33 bits per heavy atom. The van der Waals surface area contributed by atoms with Gasteiger partial charge in [0.25, 0.3) is 0 Å². The molecule has 0 saturated heterocycles. The summed E-state index contributed by atoms with van der Waals surface area (Å²) in [5, 5.41) is 7.20. The Kier molecular flexibility index (Phi) is 3.11. The van der Waals surface area contributed by atoms with Gasteiger partial charge < -0.3 is 10.1 Å². The van der Waals surface area contributed by atoms with Crippen molar-refractivity contribution in [2.45, 2.75) is 6.54 Å². The van der Waals surface area contributed by atoms with Gasteiger partial charge in [0.05, 0.1) is 12.7 Å². The van der Waals surface area contributed by atoms with Crippen molar-refractivity contribution in [1.29, 1.82) is 0 Å². The molecule has 1 N–H and O–H groups in total. The first-order valence-electron chi connectivity index (χ1n) is 3.60. The Bertz CT molecular complexity index is 272. The molecule has 68 valence electrons. The highest BCUT2D eigenvalue weighted by molar-refractivity contribution is 9.10. The van der Waals surface area contributed by atoms with Crippen LogP contribution in [0.3, 0.4) is 0 Å². The van der Waals surface area contributed by atoms with Gasteiger partial charge in [-0.3, -0.25) is 4.68 Å². The van der Waals surface area contributed by atoms with Gasteiger partial charge in [0, 0.05) is 13.6 Å². The van der Waals surface area contributed by atoms with Crippen LogP contribution in [0.5, 0.6) is 5.88 Å². The topological polar surface area (TPSA) is 39.1 Å². The van der Waals surface area contributed by atoms with Gasteiger partial charge in [0.1, 0.15) is 4.60 Å². The van der Waals surface area contributed by atoms with E-state index >= 15 is 0 Å². The molecular formula is C7H12BrN3O. The highest BCUT2D eigenvalue weighted by Gasteiger charge is 2.12. The molecule has 12 heavy (non-hydrogen) atoms. The second-order valence-corrected chi connectivity index (χ2v) is 3.18. The minimum absolute atomic E-state index is 0.665. The SMILES string of the molecule is CNCc1c(OC)nn(C)c1Br. The van der Waals surface area contributed by atoms with Crippen molar-refractivity contribution < 1.29 is 4.74 Å². The number of rotatable bonds is 3. The number of aryl methyl sites for hydroxylation is 1. The summed E-state index contributed by atoms with van der Waals surface area (Å²) in [6.45, 7) is 0.748. The van der Waals surface area contributed by atoms with Crippen LogP contribution in [0.1, 0.15) is 5.56 Å². The number of nitrogens with zero attached hydrogens (tertiary/aromatic N) is 2. The average Bonchev–Trinajstić information content (AvgIpc) is 2.33. The summed E-state index contributed by atoms with van der Waals surface area (Å²) in [5.41, 5.74) is 1.04. The second-order valence-electron chi connectivity index (χ2n) is 2.43. The molecule has 0 aliphatic carbocycles. The minimum atomic E-state index is 0.665. The number of methoxy groups -OCH3 is 1. The van der Waals surface area contributed by atoms with Crippen LogP contribution in [0.25, 0.3) is 0 Å². The molecule has 1 aromatic heterocycles. The van der Waals surface area contributed by atoms with Gasteiger partial charge in [-0.2, -0.15) is 0 Å². The predicted octanol–water partition coefficient (Wildman–Crippen LogP) is 0.911. The molecule has 0 aromatic carbocycles. The fourth-order valence-corrected chi connectivity index (χ4v) is 1.40. The number of aromatic nitrogens is 2. The number of halogens is 1. The third-order valence-corrected chi connectivity index (χ3v) is 2.57. The maximum Gasteiger partial charge on any atom is 0.238 e. The maximum absolute atomic E-state index is 5.10. The zero-order valence-corrected chi connectivity index (χ0v) is 8.97. The van der Waals surface area contributed by atoms with Crippen molar-refractivity contribution in [3.8, 4) is 5.88 Å². The lowest BCUT2D eigenvalue weighted by Gasteiger charge is -1.99. The number of hydrogen-bond donors (Lipinski definition) is 1. The number of hydrogen-bond acceptors (Lipinski definition) is 3. The largest absolute Gasteiger partial charge is 0.480 e. The van der Waals surface area contributed by atoms with Gasteiger partial charge in [0.2, 0.25) is 5.88 Å². The standard InChI is InChI=1S/C7H12BrN3O/c1-9-4-5-6(8)11(2)10-7(5)12-3/h9H,4H2,1-3H3. The van der Waals surface area contributed by atoms with Gasteiger partial charge in [-0.25, -0.2) is 0 Å². The van der Waals surface area contributed by atoms with Gasteiger partial charge in [0.15, 0.2) is 0 Å². The third kappa shape index (κ3) is 1.61. The molecule has 0 radical (unpaired) electrons. The van der Waals surface area contributed by atoms with Crippen LogP contribution in [0.4, 0.5) is 0 Å². The van der Waals surface area contributed by atoms with E-state index in [0.29, 0.717) is 5.88 Å². The predicted molar refractivity (Wildman–Crippen MR) is 50.2 cm³/mol. The Morgan fingerprint density at radius 1 is 1.67 bits per heavy atom. The lowest BCUT2D eigenvalue weighted by molar-refractivity contribution is 0.387. The molecule has 0 fully saturated rings. The number of ether oxygens (including phenoxy) is 1. The zero-order chi connectivity index (χ0) is 9.14. The maximum atomic E-state index is 5.10. The van der Waals surface area contributed by atoms with Crippen molar-refractivity contribution in [2.75, 3.05) is 14.2 Å². The normalized spacial score (nSPS) is 10.3. The molecule has 4 nitrogen and oxygen atoms in total. The lowest BCUT2D eigenvalue weighted by atomic mass is 10.3. The summed E-state index contributed by atoms with van der Waals surface area (Å²) in [6, 6.07) is 0. The first kappa shape index (κ1) is 9.54. The Hall–Kier alpha value is -0.550. The van der Waals surface area contributed by atoms with Crippen LogP contribution in [0.2, 0.25) is 0 Å². The molecule has 0 aliphatic rings. The van der Waals surface area contributed by atoms with Crippen LogP contribution in [0, 0.1) is 0 Å². The fraction of sp³-hybridized carbons (Fsp3) is 0.571. The van der Waals surface area contributed by atoms with E-state index < -0.39 is 0 Å². The Labute approximate surface area is 80.0 Å². The molecule has 0 amide bonds. The molecule has 1 heterocycles. The molecular weight excluding hydrogens is 222 g/mol. The van der Waals surface area contributed by atoms with Crippen LogP contribution in [-0.2, 0) is 13.6 Å². The van der Waals surface area contributed by atoms with Crippen LogP contribution >= 0.6 is 15.9 Å². The summed E-state index contributed by atoms with van der Waals surface area (Å²) in [7, 11) is 5.37. The van der Waals surface area contributed by atoms with E-state index in [0.717, 1.165) is 16.7 Å². The van der Waals surface area contributed by atoms with Crippen molar-refractivity contribution in [1.82, 2.24) is 15.1 Å². The van der Waals surface area contributed by atoms with Crippen molar-refractivity contribution in [2.24, 2.45) is 7.05 Å². The van der Waals surface area contributed by atoms with E-state index in [4.69, 9.17) is 4.74 Å². The highest BCUT2D eigenvalue weighted by atomic mass is 79.9. The minimum Gasteiger partial charge on any atom is -0.480 e. The van der Waals surface area contributed by atoms with Gasteiger partial charge >= 0.3 is 0 Å². The fourth-order valence-electron chi connectivity index (χ4n) is 1.01. The zero-order valence-electron chi connectivity index (χ0n) is 7.39. The monoisotopic (exact) mass is 233 g/mol. The van der Waals surface area contributed by atoms with E-state index in [9.17, 15) is 0 Å². The molecule has 0 spiro atoms. The Morgan fingerprint density at radius 3 is 2.83 bits per heavy atom. The third-order valence-electron chi connectivity index (χ3n) is 1.58. The van der Waals surface area contributed by atoms with E-state index in [1.54, 1.807) is 11.8 Å². The molecule has 0 saturated carbocycles. The highest BCUT2D eigenvalue weighted by Crippen LogP contribution is 2.24. The summed E-state index contributed by atoms with van der Waals surface area (Å²) in [5.74, 6) is 0.665. The van der Waals surface area contributed by atoms with E-state index in [-0.39, 0.29) is 0 Å². The molecule has 0 unspecified atom stereocenters. The summed E-state index contributed by atoms with van der Waals surface area (Å²) in [4.78, 5) is 0. The van der Waals surface area contributed by atoms with Crippen LogP contribution in [-0.4, -0.2) is 23.9 Å². The quantitative estimate of drug-likeness (QED) is 0.844. The molecule has 0 atom stereocenters. The first-order valence-corrected chi connectivity index (χ1v) is 4.40. The van der Waals surface area contributed by atoms with Crippen molar-refractivity contribution in [3.63, 3.8) is 0 Å². The van der Waals surface area contributed by atoms with E-state index in [2.05, 4.69) is 26.3 Å². The van der Waals surface area contributed by atoms with Gasteiger partial charge in [-0.1, -0.05) is 0 Å². The molecule has 0 aliphatic heterocycles. The van der Waals surface area contributed by atoms with Gasteiger partial charge in [-0.15, -0.1) is 5.10 Å². The van der Waals surface area contributed by atoms with E-state index in [1.165, 1.54) is 0 Å². The van der Waals surface area contributed by atoms with Gasteiger partial charge in [-0.05, 0) is 23.0 Å². The summed E-state index contributed by atoms with van der Waals surface area (Å²) < 4.78 is 7.79.